The molecule has 0 radical (unpaired) electrons. The summed E-state index contributed by atoms with van der Waals surface area (Å²) in [6, 6.07) is 6.22. The predicted molar refractivity (Wildman–Crippen MR) is 113 cm³/mol. The summed E-state index contributed by atoms with van der Waals surface area (Å²) >= 11 is 0. The largest absolute Gasteiger partial charge is 0.468 e. The summed E-state index contributed by atoms with van der Waals surface area (Å²) in [5.41, 5.74) is -1.44. The van der Waals surface area contributed by atoms with Crippen molar-refractivity contribution in [1.29, 1.82) is 0 Å². The highest BCUT2D eigenvalue weighted by Crippen LogP contribution is 2.41. The van der Waals surface area contributed by atoms with E-state index >= 15 is 0 Å². The Morgan fingerprint density at radius 3 is 2.13 bits per heavy atom. The van der Waals surface area contributed by atoms with Gasteiger partial charge in [0.1, 0.15) is 0 Å². The van der Waals surface area contributed by atoms with E-state index in [4.69, 9.17) is 8.92 Å². The molecule has 1 amide bonds. The summed E-state index contributed by atoms with van der Waals surface area (Å²) in [6.45, 7) is 6.66. The molecule has 0 aliphatic heterocycles. The van der Waals surface area contributed by atoms with E-state index in [1.54, 1.807) is 32.9 Å². The van der Waals surface area contributed by atoms with E-state index in [1.165, 1.54) is 19.2 Å². The normalized spacial score (nSPS) is 17.8. The van der Waals surface area contributed by atoms with E-state index in [2.05, 4.69) is 5.32 Å². The molecule has 1 aliphatic rings. The van der Waals surface area contributed by atoms with Crippen molar-refractivity contribution in [2.75, 3.05) is 13.7 Å². The molecule has 1 fully saturated rings. The minimum absolute atomic E-state index is 0.0215. The Morgan fingerprint density at radius 2 is 1.63 bits per heavy atom. The quantitative estimate of drug-likeness (QED) is 0.397. The first-order valence-corrected chi connectivity index (χ1v) is 11.7. The lowest BCUT2D eigenvalue weighted by molar-refractivity contribution is -0.167. The number of ether oxygens (including phenoxy) is 1. The van der Waals surface area contributed by atoms with Crippen molar-refractivity contribution >= 4 is 22.0 Å². The molecule has 1 N–H and O–H groups in total. The van der Waals surface area contributed by atoms with Crippen LogP contribution in [0.3, 0.4) is 0 Å². The van der Waals surface area contributed by atoms with Crippen LogP contribution in [0, 0.1) is 18.3 Å². The maximum atomic E-state index is 13.4. The number of hydrogen-bond acceptors (Lipinski definition) is 6. The molecule has 7 nitrogen and oxygen atoms in total. The van der Waals surface area contributed by atoms with E-state index in [0.29, 0.717) is 12.8 Å². The van der Waals surface area contributed by atoms with Crippen molar-refractivity contribution in [3.63, 3.8) is 0 Å². The molecule has 0 bridgehead atoms. The molecule has 0 aromatic heterocycles. The van der Waals surface area contributed by atoms with Crippen LogP contribution in [0.4, 0.5) is 0 Å². The fourth-order valence-corrected chi connectivity index (χ4v) is 4.81. The first-order chi connectivity index (χ1) is 13.9. The van der Waals surface area contributed by atoms with Crippen LogP contribution in [0.2, 0.25) is 0 Å². The zero-order chi connectivity index (χ0) is 22.6. The van der Waals surface area contributed by atoms with Crippen LogP contribution in [-0.2, 0) is 28.6 Å². The van der Waals surface area contributed by atoms with E-state index < -0.39 is 39.6 Å². The minimum atomic E-state index is -4.16. The Morgan fingerprint density at radius 1 is 1.07 bits per heavy atom. The highest BCUT2D eigenvalue weighted by atomic mass is 32.2. The van der Waals surface area contributed by atoms with E-state index in [9.17, 15) is 18.0 Å². The van der Waals surface area contributed by atoms with E-state index in [-0.39, 0.29) is 10.8 Å². The average Bonchev–Trinajstić information content (AvgIpc) is 2.68. The summed E-state index contributed by atoms with van der Waals surface area (Å²) in [5, 5.41) is 2.84. The Kier molecular flexibility index (Phi) is 7.69. The Hall–Kier alpha value is -1.93. The predicted octanol–water partition coefficient (Wildman–Crippen LogP) is 3.35. The Balaban J connectivity index is 2.43. The van der Waals surface area contributed by atoms with Gasteiger partial charge in [0.15, 0.2) is 5.41 Å². The number of amides is 1. The number of aryl methyl sites for hydroxylation is 1. The van der Waals surface area contributed by atoms with Gasteiger partial charge in [-0.1, -0.05) is 37.0 Å². The van der Waals surface area contributed by atoms with Gasteiger partial charge in [0.05, 0.1) is 18.6 Å². The zero-order valence-corrected chi connectivity index (χ0v) is 19.3. The maximum absolute atomic E-state index is 13.4. The maximum Gasteiger partial charge on any atom is 0.324 e. The second kappa shape index (κ2) is 9.47. The monoisotopic (exact) mass is 439 g/mol. The smallest absolute Gasteiger partial charge is 0.324 e. The fraction of sp³-hybridized carbons (Fsp3) is 0.636. The van der Waals surface area contributed by atoms with E-state index in [1.807, 2.05) is 6.92 Å². The van der Waals surface area contributed by atoms with Gasteiger partial charge in [-0.05, 0) is 58.6 Å². The number of methoxy groups -OCH3 is 1. The third-order valence-corrected chi connectivity index (χ3v) is 6.77. The minimum Gasteiger partial charge on any atom is -0.468 e. The highest BCUT2D eigenvalue weighted by Gasteiger charge is 2.55. The lowest BCUT2D eigenvalue weighted by Gasteiger charge is -2.40. The number of benzene rings is 1. The molecule has 1 aromatic rings. The van der Waals surface area contributed by atoms with Gasteiger partial charge >= 0.3 is 5.97 Å². The number of rotatable bonds is 7. The molecular weight excluding hydrogens is 406 g/mol. The van der Waals surface area contributed by atoms with Gasteiger partial charge < -0.3 is 10.1 Å². The van der Waals surface area contributed by atoms with Gasteiger partial charge in [-0.15, -0.1) is 0 Å². The first-order valence-electron chi connectivity index (χ1n) is 10.3. The van der Waals surface area contributed by atoms with Crippen LogP contribution in [0.25, 0.3) is 0 Å². The van der Waals surface area contributed by atoms with Crippen molar-refractivity contribution in [1.82, 2.24) is 5.32 Å². The second-order valence-electron chi connectivity index (χ2n) is 9.03. The molecule has 0 spiro atoms. The number of nitrogens with one attached hydrogen (secondary N) is 1. The van der Waals surface area contributed by atoms with Crippen molar-refractivity contribution in [2.24, 2.45) is 11.3 Å². The van der Waals surface area contributed by atoms with Crippen molar-refractivity contribution in [3.8, 4) is 0 Å². The molecule has 1 aromatic carbocycles. The zero-order valence-electron chi connectivity index (χ0n) is 18.5. The van der Waals surface area contributed by atoms with Gasteiger partial charge in [-0.25, -0.2) is 0 Å². The molecular formula is C22H33NO6S. The molecule has 0 saturated heterocycles. The standard InChI is InChI=1S/C22H33NO6S/c1-16-11-13-18(14-12-16)30(26,27)29-15-22(20(25)28-5,17-9-7-6-8-10-17)19(24)23-21(2,3)4/h11-14,17H,6-10,15H2,1-5H3,(H,23,24). The molecule has 2 rings (SSSR count). The van der Waals surface area contributed by atoms with Gasteiger partial charge in [-0.2, -0.15) is 8.42 Å². The average molecular weight is 440 g/mol. The summed E-state index contributed by atoms with van der Waals surface area (Å²) in [7, 11) is -2.95. The molecule has 1 atom stereocenters. The fourth-order valence-electron chi connectivity index (χ4n) is 3.86. The highest BCUT2D eigenvalue weighted by molar-refractivity contribution is 7.86. The van der Waals surface area contributed by atoms with Crippen LogP contribution in [0.15, 0.2) is 29.2 Å². The molecule has 8 heteroatoms. The third-order valence-electron chi connectivity index (χ3n) is 5.50. The van der Waals surface area contributed by atoms with Crippen LogP contribution >= 0.6 is 0 Å². The lowest BCUT2D eigenvalue weighted by atomic mass is 9.68. The molecule has 1 unspecified atom stereocenters. The number of esters is 1. The first kappa shape index (κ1) is 24.3. The van der Waals surface area contributed by atoms with E-state index in [0.717, 1.165) is 24.8 Å². The number of carbonyl (C=O) groups excluding carboxylic acids is 2. The summed E-state index contributed by atoms with van der Waals surface area (Å²) in [6.07, 6.45) is 3.98. The van der Waals surface area contributed by atoms with Gasteiger partial charge in [0.25, 0.3) is 10.1 Å². The molecule has 1 saturated carbocycles. The second-order valence-corrected chi connectivity index (χ2v) is 10.6. The molecule has 168 valence electrons. The van der Waals surface area contributed by atoms with Gasteiger partial charge in [0, 0.05) is 5.54 Å². The summed E-state index contributed by atoms with van der Waals surface area (Å²) < 4.78 is 35.9. The summed E-state index contributed by atoms with van der Waals surface area (Å²) in [5.74, 6) is -1.70. The Bertz CT molecular complexity index is 851. The van der Waals surface area contributed by atoms with Crippen LogP contribution in [0.1, 0.15) is 58.4 Å². The Labute approximate surface area is 179 Å². The van der Waals surface area contributed by atoms with Gasteiger partial charge in [-0.3, -0.25) is 13.8 Å². The van der Waals surface area contributed by atoms with Crippen LogP contribution in [0.5, 0.6) is 0 Å². The molecule has 1 aliphatic carbocycles. The topological polar surface area (TPSA) is 98.8 Å². The lowest BCUT2D eigenvalue weighted by Crippen LogP contribution is -2.58. The number of carbonyl (C=O) groups is 2. The SMILES string of the molecule is COC(=O)C(COS(=O)(=O)c1ccc(C)cc1)(C(=O)NC(C)(C)C)C1CCCCC1. The van der Waals surface area contributed by atoms with Crippen molar-refractivity contribution in [3.05, 3.63) is 29.8 Å². The van der Waals surface area contributed by atoms with Crippen molar-refractivity contribution < 1.29 is 26.9 Å². The van der Waals surface area contributed by atoms with Crippen LogP contribution in [-0.4, -0.2) is 39.5 Å². The summed E-state index contributed by atoms with van der Waals surface area (Å²) in [4.78, 5) is 26.4. The molecule has 30 heavy (non-hydrogen) atoms. The van der Waals surface area contributed by atoms with Crippen molar-refractivity contribution in [2.45, 2.75) is 70.2 Å². The third kappa shape index (κ3) is 5.60. The number of hydrogen-bond donors (Lipinski definition) is 1. The molecule has 0 heterocycles. The van der Waals surface area contributed by atoms with Crippen LogP contribution < -0.4 is 5.32 Å². The van der Waals surface area contributed by atoms with Gasteiger partial charge in [0.2, 0.25) is 5.91 Å².